The quantitative estimate of drug-likeness (QED) is 0.304. The Morgan fingerprint density at radius 1 is 1.17 bits per heavy atom. The zero-order valence-corrected chi connectivity index (χ0v) is 12.1. The number of ether oxygens (including phenoxy) is 1. The molecule has 1 rings (SSSR count). The van der Waals surface area contributed by atoms with Gasteiger partial charge in [-0.2, -0.15) is 0 Å². The molecule has 0 heterocycles. The molecule has 98 valence electrons. The maximum absolute atomic E-state index is 5.37. The smallest absolute Gasteiger partial charge is 0.168 e. The molecule has 0 aliphatic rings. The van der Waals surface area contributed by atoms with Crippen molar-refractivity contribution in [1.29, 1.82) is 0 Å². The van der Waals surface area contributed by atoms with Crippen LogP contribution in [-0.4, -0.2) is 12.5 Å². The number of benzene rings is 1. The van der Waals surface area contributed by atoms with Gasteiger partial charge in [-0.3, -0.25) is 0 Å². The van der Waals surface area contributed by atoms with Gasteiger partial charge in [0, 0.05) is 18.4 Å². The Bertz CT molecular complexity index is 364. The highest BCUT2D eigenvalue weighted by Gasteiger charge is 2.04. The lowest BCUT2D eigenvalue weighted by Crippen LogP contribution is -2.01. The molecule has 0 bridgehead atoms. The van der Waals surface area contributed by atoms with Crippen molar-refractivity contribution < 1.29 is 4.74 Å². The fraction of sp³-hybridized carbons (Fsp3) is 0.500. The SMILES string of the molecule is CCCCCCC#CC(OC)Sc1ccccc1. The third-order valence-electron chi connectivity index (χ3n) is 2.58. The van der Waals surface area contributed by atoms with Crippen molar-refractivity contribution in [3.8, 4) is 11.8 Å². The first-order valence-electron chi connectivity index (χ1n) is 6.59. The molecule has 0 radical (unpaired) electrons. The van der Waals surface area contributed by atoms with Gasteiger partial charge in [0.1, 0.15) is 0 Å². The highest BCUT2D eigenvalue weighted by molar-refractivity contribution is 8.00. The van der Waals surface area contributed by atoms with Gasteiger partial charge >= 0.3 is 0 Å². The minimum atomic E-state index is -0.0569. The van der Waals surface area contributed by atoms with E-state index in [9.17, 15) is 0 Å². The Hall–Kier alpha value is -0.910. The van der Waals surface area contributed by atoms with Crippen molar-refractivity contribution in [2.24, 2.45) is 0 Å². The van der Waals surface area contributed by atoms with Crippen molar-refractivity contribution >= 4 is 11.8 Å². The van der Waals surface area contributed by atoms with Crippen LogP contribution in [0.15, 0.2) is 35.2 Å². The van der Waals surface area contributed by atoms with Crippen LogP contribution >= 0.6 is 11.8 Å². The van der Waals surface area contributed by atoms with E-state index in [1.807, 2.05) is 18.2 Å². The fourth-order valence-electron chi connectivity index (χ4n) is 1.55. The van der Waals surface area contributed by atoms with Gasteiger partial charge in [-0.1, -0.05) is 68.0 Å². The van der Waals surface area contributed by atoms with E-state index in [0.29, 0.717) is 0 Å². The van der Waals surface area contributed by atoms with Crippen molar-refractivity contribution in [3.05, 3.63) is 30.3 Å². The third-order valence-corrected chi connectivity index (χ3v) is 3.64. The summed E-state index contributed by atoms with van der Waals surface area (Å²) in [6, 6.07) is 10.3. The monoisotopic (exact) mass is 262 g/mol. The molecule has 0 saturated carbocycles. The summed E-state index contributed by atoms with van der Waals surface area (Å²) in [5.41, 5.74) is -0.0569. The fourth-order valence-corrected chi connectivity index (χ4v) is 2.35. The molecule has 0 fully saturated rings. The molecule has 0 aliphatic heterocycles. The van der Waals surface area contributed by atoms with E-state index in [4.69, 9.17) is 4.74 Å². The van der Waals surface area contributed by atoms with Crippen molar-refractivity contribution in [2.75, 3.05) is 7.11 Å². The average molecular weight is 262 g/mol. The van der Waals surface area contributed by atoms with E-state index in [1.165, 1.54) is 30.6 Å². The van der Waals surface area contributed by atoms with Crippen LogP contribution in [0.5, 0.6) is 0 Å². The Kier molecular flexibility index (Phi) is 8.46. The summed E-state index contributed by atoms with van der Waals surface area (Å²) in [5.74, 6) is 6.41. The minimum absolute atomic E-state index is 0.0569. The van der Waals surface area contributed by atoms with Crippen LogP contribution in [0.3, 0.4) is 0 Å². The summed E-state index contributed by atoms with van der Waals surface area (Å²) in [6.45, 7) is 2.23. The lowest BCUT2D eigenvalue weighted by Gasteiger charge is -2.07. The molecule has 0 saturated heterocycles. The van der Waals surface area contributed by atoms with Gasteiger partial charge in [0.25, 0.3) is 0 Å². The average Bonchev–Trinajstić information content (AvgIpc) is 2.42. The molecule has 18 heavy (non-hydrogen) atoms. The predicted molar refractivity (Wildman–Crippen MR) is 79.6 cm³/mol. The van der Waals surface area contributed by atoms with Crippen LogP contribution in [0.4, 0.5) is 0 Å². The molecule has 1 nitrogen and oxygen atoms in total. The molecule has 0 N–H and O–H groups in total. The summed E-state index contributed by atoms with van der Waals surface area (Å²) in [6.07, 6.45) is 6.06. The van der Waals surface area contributed by atoms with Gasteiger partial charge in [0.2, 0.25) is 0 Å². The van der Waals surface area contributed by atoms with Gasteiger partial charge in [-0.05, 0) is 18.6 Å². The third kappa shape index (κ3) is 6.74. The standard InChI is InChI=1S/C16H22OS/c1-3-4-5-6-7-11-14-16(17-2)18-15-12-9-8-10-13-15/h8-10,12-13,16H,3-7H2,1-2H3. The second kappa shape index (κ2) is 10.1. The van der Waals surface area contributed by atoms with Crippen LogP contribution in [0.25, 0.3) is 0 Å². The predicted octanol–water partition coefficient (Wildman–Crippen LogP) is 4.73. The number of rotatable bonds is 7. The van der Waals surface area contributed by atoms with E-state index in [1.54, 1.807) is 18.9 Å². The molecule has 0 aromatic heterocycles. The zero-order chi connectivity index (χ0) is 13.1. The second-order valence-corrected chi connectivity index (χ2v) is 5.27. The van der Waals surface area contributed by atoms with Gasteiger partial charge in [-0.15, -0.1) is 0 Å². The minimum Gasteiger partial charge on any atom is -0.359 e. The van der Waals surface area contributed by atoms with Crippen LogP contribution in [0.1, 0.15) is 39.0 Å². The summed E-state index contributed by atoms with van der Waals surface area (Å²) in [4.78, 5) is 1.20. The number of hydrogen-bond donors (Lipinski definition) is 0. The zero-order valence-electron chi connectivity index (χ0n) is 11.3. The largest absolute Gasteiger partial charge is 0.359 e. The van der Waals surface area contributed by atoms with Gasteiger partial charge in [-0.25, -0.2) is 0 Å². The van der Waals surface area contributed by atoms with Crippen molar-refractivity contribution in [1.82, 2.24) is 0 Å². The first-order chi connectivity index (χ1) is 8.86. The number of methoxy groups -OCH3 is 1. The molecular weight excluding hydrogens is 240 g/mol. The Balaban J connectivity index is 2.31. The molecule has 1 atom stereocenters. The molecule has 2 heteroatoms. The summed E-state index contributed by atoms with van der Waals surface area (Å²) < 4.78 is 5.37. The summed E-state index contributed by atoms with van der Waals surface area (Å²) >= 11 is 1.66. The van der Waals surface area contributed by atoms with Crippen LogP contribution in [0.2, 0.25) is 0 Å². The molecule has 1 aromatic rings. The summed E-state index contributed by atoms with van der Waals surface area (Å²) in [5, 5.41) is 0. The van der Waals surface area contributed by atoms with Crippen molar-refractivity contribution in [2.45, 2.75) is 49.4 Å². The normalized spacial score (nSPS) is 11.7. The maximum Gasteiger partial charge on any atom is 0.168 e. The molecule has 0 aliphatic carbocycles. The maximum atomic E-state index is 5.37. The molecular formula is C16H22OS. The Morgan fingerprint density at radius 2 is 1.94 bits per heavy atom. The highest BCUT2D eigenvalue weighted by Crippen LogP contribution is 2.22. The first kappa shape index (κ1) is 15.1. The highest BCUT2D eigenvalue weighted by atomic mass is 32.2. The van der Waals surface area contributed by atoms with E-state index < -0.39 is 0 Å². The van der Waals surface area contributed by atoms with E-state index >= 15 is 0 Å². The van der Waals surface area contributed by atoms with Crippen LogP contribution in [0, 0.1) is 11.8 Å². The topological polar surface area (TPSA) is 9.23 Å². The number of unbranched alkanes of at least 4 members (excludes halogenated alkanes) is 4. The second-order valence-electron chi connectivity index (χ2n) is 4.13. The first-order valence-corrected chi connectivity index (χ1v) is 7.47. The van der Waals surface area contributed by atoms with Crippen LogP contribution < -0.4 is 0 Å². The van der Waals surface area contributed by atoms with Gasteiger partial charge in [0.05, 0.1) is 0 Å². The van der Waals surface area contributed by atoms with Gasteiger partial charge in [0.15, 0.2) is 5.44 Å². The molecule has 0 amide bonds. The molecule has 1 unspecified atom stereocenters. The number of hydrogen-bond acceptors (Lipinski definition) is 2. The van der Waals surface area contributed by atoms with E-state index in [-0.39, 0.29) is 5.44 Å². The lowest BCUT2D eigenvalue weighted by molar-refractivity contribution is 0.214. The number of thioether (sulfide) groups is 1. The Labute approximate surface area is 115 Å². The van der Waals surface area contributed by atoms with E-state index in [0.717, 1.165) is 6.42 Å². The van der Waals surface area contributed by atoms with E-state index in [2.05, 4.69) is 30.9 Å². The Morgan fingerprint density at radius 3 is 2.61 bits per heavy atom. The lowest BCUT2D eigenvalue weighted by atomic mass is 10.2. The molecule has 0 spiro atoms. The van der Waals surface area contributed by atoms with Crippen LogP contribution in [-0.2, 0) is 4.74 Å². The van der Waals surface area contributed by atoms with Crippen molar-refractivity contribution in [3.63, 3.8) is 0 Å². The van der Waals surface area contributed by atoms with Gasteiger partial charge < -0.3 is 4.74 Å². The summed E-state index contributed by atoms with van der Waals surface area (Å²) in [7, 11) is 1.71. The molecule has 1 aromatic carbocycles.